The van der Waals surface area contributed by atoms with E-state index < -0.39 is 0 Å². The van der Waals surface area contributed by atoms with Gasteiger partial charge in [0, 0.05) is 18.0 Å². The minimum absolute atomic E-state index is 0.0645. The maximum atomic E-state index is 4.35. The maximum absolute atomic E-state index is 4.35. The lowest BCUT2D eigenvalue weighted by atomic mass is 9.67. The molecule has 2 rings (SSSR count). The summed E-state index contributed by atoms with van der Waals surface area (Å²) in [5.41, 5.74) is 7.18. The molecular formula is C23H33N. The van der Waals surface area contributed by atoms with Crippen molar-refractivity contribution in [3.05, 3.63) is 53.3 Å². The predicted octanol–water partition coefficient (Wildman–Crippen LogP) is 6.64. The van der Waals surface area contributed by atoms with Gasteiger partial charge in [-0.1, -0.05) is 80.5 Å². The molecule has 0 spiro atoms. The van der Waals surface area contributed by atoms with Gasteiger partial charge in [0.05, 0.1) is 0 Å². The Morgan fingerprint density at radius 1 is 0.667 bits per heavy atom. The van der Waals surface area contributed by atoms with Gasteiger partial charge in [0.1, 0.15) is 0 Å². The van der Waals surface area contributed by atoms with Gasteiger partial charge in [-0.15, -0.1) is 0 Å². The molecule has 24 heavy (non-hydrogen) atoms. The van der Waals surface area contributed by atoms with Crippen molar-refractivity contribution in [1.82, 2.24) is 4.98 Å². The van der Waals surface area contributed by atoms with Crippen LogP contribution < -0.4 is 0 Å². The van der Waals surface area contributed by atoms with Crippen LogP contribution in [-0.4, -0.2) is 4.98 Å². The Morgan fingerprint density at radius 3 is 1.67 bits per heavy atom. The highest BCUT2D eigenvalue weighted by atomic mass is 14.6. The van der Waals surface area contributed by atoms with Gasteiger partial charge in [-0.05, 0) is 44.6 Å². The van der Waals surface area contributed by atoms with Gasteiger partial charge in [-0.25, -0.2) is 0 Å². The Balaban J connectivity index is 2.96. The summed E-state index contributed by atoms with van der Waals surface area (Å²) in [5.74, 6) is 0. The largest absolute Gasteiger partial charge is 0.264 e. The van der Waals surface area contributed by atoms with Crippen LogP contribution in [0.15, 0.2) is 36.7 Å². The van der Waals surface area contributed by atoms with Crippen molar-refractivity contribution < 1.29 is 0 Å². The summed E-state index contributed by atoms with van der Waals surface area (Å²) >= 11 is 0. The van der Waals surface area contributed by atoms with Gasteiger partial charge in [0.25, 0.3) is 0 Å². The van der Waals surface area contributed by atoms with Crippen LogP contribution in [0.2, 0.25) is 0 Å². The molecule has 0 amide bonds. The normalized spacial score (nSPS) is 13.2. The van der Waals surface area contributed by atoms with Crippen LogP contribution in [0, 0.1) is 0 Å². The lowest BCUT2D eigenvalue weighted by molar-refractivity contribution is 0.499. The number of pyridine rings is 1. The summed E-state index contributed by atoms with van der Waals surface area (Å²) in [5, 5.41) is 0. The van der Waals surface area contributed by atoms with E-state index in [0.717, 1.165) is 0 Å². The highest BCUT2D eigenvalue weighted by molar-refractivity contribution is 5.72. The molecule has 0 saturated carbocycles. The van der Waals surface area contributed by atoms with Crippen LogP contribution in [0.1, 0.15) is 79.0 Å². The first kappa shape index (κ1) is 18.7. The Hall–Kier alpha value is -1.63. The van der Waals surface area contributed by atoms with E-state index in [-0.39, 0.29) is 16.2 Å². The fourth-order valence-corrected chi connectivity index (χ4v) is 3.55. The summed E-state index contributed by atoms with van der Waals surface area (Å²) in [6.45, 7) is 20.9. The van der Waals surface area contributed by atoms with Gasteiger partial charge in [0.15, 0.2) is 0 Å². The summed E-state index contributed by atoms with van der Waals surface area (Å²) < 4.78 is 0. The quantitative estimate of drug-likeness (QED) is 0.573. The number of nitrogens with zero attached hydrogens (tertiary/aromatic N) is 1. The zero-order valence-corrected chi connectivity index (χ0v) is 16.9. The molecule has 0 aliphatic rings. The number of benzene rings is 1. The zero-order valence-electron chi connectivity index (χ0n) is 16.9. The predicted molar refractivity (Wildman–Crippen MR) is 106 cm³/mol. The lowest BCUT2D eigenvalue weighted by Crippen LogP contribution is -2.28. The molecule has 1 nitrogen and oxygen atoms in total. The number of aromatic nitrogens is 1. The van der Waals surface area contributed by atoms with E-state index in [1.54, 1.807) is 0 Å². The maximum Gasteiger partial charge on any atom is 0.0346 e. The van der Waals surface area contributed by atoms with Crippen molar-refractivity contribution in [3.63, 3.8) is 0 Å². The molecule has 2 aromatic rings. The second kappa shape index (κ2) is 6.02. The molecule has 0 saturated heterocycles. The van der Waals surface area contributed by atoms with Crippen molar-refractivity contribution in [3.8, 4) is 11.1 Å². The SMILES string of the molecule is CC(C)(C)c1ccc(-c2cccnc2)c(C(C)(C)C)c1C(C)(C)C. The molecule has 1 heteroatoms. The zero-order chi connectivity index (χ0) is 18.3. The monoisotopic (exact) mass is 323 g/mol. The van der Waals surface area contributed by atoms with Crippen LogP contribution in [0.25, 0.3) is 11.1 Å². The highest BCUT2D eigenvalue weighted by Crippen LogP contribution is 2.45. The van der Waals surface area contributed by atoms with Crippen molar-refractivity contribution in [2.24, 2.45) is 0 Å². The molecule has 0 atom stereocenters. The molecule has 0 aliphatic carbocycles. The van der Waals surface area contributed by atoms with Crippen LogP contribution in [0.3, 0.4) is 0 Å². The van der Waals surface area contributed by atoms with Gasteiger partial charge in [-0.3, -0.25) is 4.98 Å². The smallest absolute Gasteiger partial charge is 0.0346 e. The van der Waals surface area contributed by atoms with Gasteiger partial charge in [0.2, 0.25) is 0 Å². The first-order valence-electron chi connectivity index (χ1n) is 8.92. The standard InChI is InChI=1S/C23H33N/c1-21(2,3)18-13-12-17(16-11-10-14-24-15-16)19(22(4,5)6)20(18)23(7,8)9/h10-15H,1-9H3. The average molecular weight is 324 g/mol. The van der Waals surface area contributed by atoms with Gasteiger partial charge >= 0.3 is 0 Å². The van der Waals surface area contributed by atoms with Crippen molar-refractivity contribution in [2.45, 2.75) is 78.6 Å². The molecule has 0 unspecified atom stereocenters. The first-order valence-corrected chi connectivity index (χ1v) is 8.92. The van der Waals surface area contributed by atoms with E-state index in [2.05, 4.69) is 85.5 Å². The Morgan fingerprint density at radius 2 is 1.25 bits per heavy atom. The number of hydrogen-bond donors (Lipinski definition) is 0. The minimum atomic E-state index is 0.0645. The fourth-order valence-electron chi connectivity index (χ4n) is 3.55. The number of hydrogen-bond acceptors (Lipinski definition) is 1. The third kappa shape index (κ3) is 3.71. The Bertz CT molecular complexity index is 705. The van der Waals surface area contributed by atoms with Gasteiger partial charge in [-0.2, -0.15) is 0 Å². The number of rotatable bonds is 1. The molecule has 0 radical (unpaired) electrons. The van der Waals surface area contributed by atoms with Crippen molar-refractivity contribution >= 4 is 0 Å². The second-order valence-electron chi connectivity index (χ2n) is 9.90. The van der Waals surface area contributed by atoms with Gasteiger partial charge < -0.3 is 0 Å². The first-order chi connectivity index (χ1) is 10.8. The molecule has 0 aliphatic heterocycles. The fraction of sp³-hybridized carbons (Fsp3) is 0.522. The van der Waals surface area contributed by atoms with E-state index in [1.165, 1.54) is 27.8 Å². The summed E-state index contributed by atoms with van der Waals surface area (Å²) in [7, 11) is 0. The van der Waals surface area contributed by atoms with Crippen LogP contribution in [0.4, 0.5) is 0 Å². The Kier molecular flexibility index (Phi) is 4.69. The lowest BCUT2D eigenvalue weighted by Gasteiger charge is -2.38. The third-order valence-corrected chi connectivity index (χ3v) is 4.49. The molecule has 1 aromatic heterocycles. The molecule has 0 bridgehead atoms. The van der Waals surface area contributed by atoms with Crippen molar-refractivity contribution in [1.29, 1.82) is 0 Å². The van der Waals surface area contributed by atoms with Crippen LogP contribution in [0.5, 0.6) is 0 Å². The third-order valence-electron chi connectivity index (χ3n) is 4.49. The van der Waals surface area contributed by atoms with E-state index in [4.69, 9.17) is 0 Å². The van der Waals surface area contributed by atoms with Crippen molar-refractivity contribution in [2.75, 3.05) is 0 Å². The molecular weight excluding hydrogens is 290 g/mol. The summed E-state index contributed by atoms with van der Waals surface area (Å²) in [6.07, 6.45) is 3.82. The molecule has 130 valence electrons. The topological polar surface area (TPSA) is 12.9 Å². The van der Waals surface area contributed by atoms with Crippen LogP contribution >= 0.6 is 0 Å². The summed E-state index contributed by atoms with van der Waals surface area (Å²) in [4.78, 5) is 4.35. The van der Waals surface area contributed by atoms with E-state index in [1.807, 2.05) is 18.5 Å². The van der Waals surface area contributed by atoms with E-state index in [0.29, 0.717) is 0 Å². The molecule has 1 heterocycles. The Labute approximate surface area is 148 Å². The highest BCUT2D eigenvalue weighted by Gasteiger charge is 2.33. The second-order valence-corrected chi connectivity index (χ2v) is 9.90. The molecule has 0 fully saturated rings. The van der Waals surface area contributed by atoms with E-state index in [9.17, 15) is 0 Å². The molecule has 0 N–H and O–H groups in total. The van der Waals surface area contributed by atoms with Crippen LogP contribution in [-0.2, 0) is 16.2 Å². The summed E-state index contributed by atoms with van der Waals surface area (Å²) in [6, 6.07) is 8.82. The van der Waals surface area contributed by atoms with E-state index >= 15 is 0 Å². The minimum Gasteiger partial charge on any atom is -0.264 e. The average Bonchev–Trinajstić information content (AvgIpc) is 2.44. The molecule has 1 aromatic carbocycles.